The van der Waals surface area contributed by atoms with Crippen LogP contribution >= 0.6 is 0 Å². The van der Waals surface area contributed by atoms with Gasteiger partial charge in [-0.3, -0.25) is 4.98 Å². The summed E-state index contributed by atoms with van der Waals surface area (Å²) in [6.07, 6.45) is 4.98. The summed E-state index contributed by atoms with van der Waals surface area (Å²) >= 11 is 0. The second-order valence-electron chi connectivity index (χ2n) is 2.83. The van der Waals surface area contributed by atoms with E-state index in [2.05, 4.69) is 9.98 Å². The summed E-state index contributed by atoms with van der Waals surface area (Å²) in [5.74, 6) is -0.0189. The number of carbonyl (C=O) groups excluding carboxylic acids is 1. The van der Waals surface area contributed by atoms with Crippen LogP contribution in [0.15, 0.2) is 35.2 Å². The van der Waals surface area contributed by atoms with E-state index >= 15 is 0 Å². The van der Waals surface area contributed by atoms with Gasteiger partial charge in [-0.05, 0) is 23.8 Å². The smallest absolute Gasteiger partial charge is 0.363 e. The molecule has 0 fully saturated rings. The minimum atomic E-state index is -0.403. The summed E-state index contributed by atoms with van der Waals surface area (Å²) in [7, 11) is 0. The Bertz CT molecular complexity index is 421. The zero-order chi connectivity index (χ0) is 9.97. The van der Waals surface area contributed by atoms with Crippen molar-refractivity contribution in [3.8, 4) is 0 Å². The van der Waals surface area contributed by atoms with Crippen LogP contribution in [0.3, 0.4) is 0 Å². The quantitative estimate of drug-likeness (QED) is 0.494. The molecule has 0 saturated carbocycles. The van der Waals surface area contributed by atoms with Gasteiger partial charge in [0, 0.05) is 19.3 Å². The fourth-order valence-electron chi connectivity index (χ4n) is 1.13. The first kappa shape index (κ1) is 8.62. The number of cyclic esters (lactones) is 1. The number of aliphatic imine (C=N–C) groups is 1. The normalized spacial score (nSPS) is 18.2. The molecule has 0 amide bonds. The summed E-state index contributed by atoms with van der Waals surface area (Å²) in [5.41, 5.74) is 1.21. The molecule has 0 aliphatic carbocycles. The second-order valence-corrected chi connectivity index (χ2v) is 2.83. The average molecular weight is 188 g/mol. The van der Waals surface area contributed by atoms with E-state index in [1.807, 2.05) is 0 Å². The molecule has 0 N–H and O–H groups in total. The number of aromatic nitrogens is 1. The average Bonchev–Trinajstić information content (AvgIpc) is 2.47. The molecule has 0 aromatic carbocycles. The third-order valence-electron chi connectivity index (χ3n) is 1.74. The fraction of sp³-hybridized carbons (Fsp3) is 0.100. The molecular weight excluding hydrogens is 180 g/mol. The van der Waals surface area contributed by atoms with Crippen molar-refractivity contribution in [1.82, 2.24) is 4.98 Å². The minimum Gasteiger partial charge on any atom is -0.407 e. The molecular formula is C10H8N2O2. The molecule has 70 valence electrons. The molecule has 2 rings (SSSR count). The van der Waals surface area contributed by atoms with E-state index in [1.165, 1.54) is 0 Å². The maximum absolute atomic E-state index is 11.2. The van der Waals surface area contributed by atoms with Crippen LogP contribution in [0.5, 0.6) is 0 Å². The van der Waals surface area contributed by atoms with Gasteiger partial charge in [0.15, 0.2) is 11.6 Å². The Morgan fingerprint density at radius 3 is 2.64 bits per heavy atom. The van der Waals surface area contributed by atoms with Gasteiger partial charge in [-0.25, -0.2) is 9.79 Å². The Kier molecular flexibility index (Phi) is 2.10. The lowest BCUT2D eigenvalue weighted by Gasteiger charge is -1.91. The molecule has 0 spiro atoms. The largest absolute Gasteiger partial charge is 0.407 e. The summed E-state index contributed by atoms with van der Waals surface area (Å²) in [5, 5.41) is 0. The van der Waals surface area contributed by atoms with Gasteiger partial charge in [0.05, 0.1) is 0 Å². The van der Waals surface area contributed by atoms with Crippen LogP contribution in [0, 0.1) is 0 Å². The molecule has 0 bridgehead atoms. The van der Waals surface area contributed by atoms with Gasteiger partial charge in [0.2, 0.25) is 0 Å². The predicted octanol–water partition coefficient (Wildman–Crippen LogP) is 1.40. The van der Waals surface area contributed by atoms with E-state index in [4.69, 9.17) is 4.74 Å². The number of nitrogens with zero attached hydrogens (tertiary/aromatic N) is 2. The van der Waals surface area contributed by atoms with Gasteiger partial charge in [0.1, 0.15) is 0 Å². The van der Waals surface area contributed by atoms with E-state index in [-0.39, 0.29) is 0 Å². The van der Waals surface area contributed by atoms with Gasteiger partial charge in [-0.1, -0.05) is 0 Å². The third kappa shape index (κ3) is 1.69. The van der Waals surface area contributed by atoms with Crippen molar-refractivity contribution >= 4 is 17.9 Å². The molecule has 1 aromatic heterocycles. The van der Waals surface area contributed by atoms with Crippen LogP contribution < -0.4 is 0 Å². The van der Waals surface area contributed by atoms with Crippen molar-refractivity contribution < 1.29 is 9.53 Å². The van der Waals surface area contributed by atoms with E-state index in [1.54, 1.807) is 37.5 Å². The first-order valence-electron chi connectivity index (χ1n) is 4.15. The van der Waals surface area contributed by atoms with Gasteiger partial charge in [-0.2, -0.15) is 0 Å². The highest BCUT2D eigenvalue weighted by Crippen LogP contribution is 2.14. The summed E-state index contributed by atoms with van der Waals surface area (Å²) < 4.78 is 4.77. The Morgan fingerprint density at radius 1 is 1.36 bits per heavy atom. The van der Waals surface area contributed by atoms with Crippen molar-refractivity contribution in [3.05, 3.63) is 35.8 Å². The van der Waals surface area contributed by atoms with Crippen LogP contribution in [0.25, 0.3) is 6.08 Å². The van der Waals surface area contributed by atoms with Crippen LogP contribution in [0.2, 0.25) is 0 Å². The summed E-state index contributed by atoms with van der Waals surface area (Å²) in [6, 6.07) is 3.59. The highest BCUT2D eigenvalue weighted by Gasteiger charge is 2.19. The van der Waals surface area contributed by atoms with E-state index < -0.39 is 5.97 Å². The van der Waals surface area contributed by atoms with Crippen molar-refractivity contribution in [3.63, 3.8) is 0 Å². The molecule has 2 heterocycles. The first-order valence-corrected chi connectivity index (χ1v) is 4.15. The monoisotopic (exact) mass is 188 g/mol. The number of hydrogen-bond acceptors (Lipinski definition) is 4. The lowest BCUT2D eigenvalue weighted by Crippen LogP contribution is -1.99. The van der Waals surface area contributed by atoms with Crippen molar-refractivity contribution in [2.24, 2.45) is 4.99 Å². The predicted molar refractivity (Wildman–Crippen MR) is 51.4 cm³/mol. The van der Waals surface area contributed by atoms with Crippen LogP contribution in [-0.4, -0.2) is 16.9 Å². The van der Waals surface area contributed by atoms with Gasteiger partial charge in [0.25, 0.3) is 0 Å². The fourth-order valence-corrected chi connectivity index (χ4v) is 1.13. The van der Waals surface area contributed by atoms with Crippen molar-refractivity contribution in [2.75, 3.05) is 0 Å². The zero-order valence-electron chi connectivity index (χ0n) is 7.60. The van der Waals surface area contributed by atoms with Gasteiger partial charge < -0.3 is 4.74 Å². The van der Waals surface area contributed by atoms with Crippen molar-refractivity contribution in [1.29, 1.82) is 0 Å². The molecule has 0 atom stereocenters. The standard InChI is InChI=1S/C10H8N2O2/c1-7-12-9(10(13)14-7)6-8-2-4-11-5-3-8/h2-6H,1H3/b9-6+. The van der Waals surface area contributed by atoms with Crippen molar-refractivity contribution in [2.45, 2.75) is 6.92 Å². The molecule has 1 aliphatic heterocycles. The molecule has 0 radical (unpaired) electrons. The highest BCUT2D eigenvalue weighted by molar-refractivity contribution is 6.06. The molecule has 1 aromatic rings. The summed E-state index contributed by atoms with van der Waals surface area (Å²) in [6.45, 7) is 1.64. The molecule has 4 nitrogen and oxygen atoms in total. The highest BCUT2D eigenvalue weighted by atomic mass is 16.6. The Balaban J connectivity index is 2.32. The van der Waals surface area contributed by atoms with Gasteiger partial charge >= 0.3 is 5.97 Å². The minimum absolute atomic E-state index is 0.328. The van der Waals surface area contributed by atoms with E-state index in [0.717, 1.165) is 5.56 Å². The molecule has 4 heteroatoms. The van der Waals surface area contributed by atoms with E-state index in [9.17, 15) is 4.79 Å². The Labute approximate surface area is 81.0 Å². The van der Waals surface area contributed by atoms with Crippen LogP contribution in [0.1, 0.15) is 12.5 Å². The number of ether oxygens (including phenoxy) is 1. The molecule has 0 unspecified atom stereocenters. The Hall–Kier alpha value is -1.97. The van der Waals surface area contributed by atoms with Crippen LogP contribution in [-0.2, 0) is 9.53 Å². The Morgan fingerprint density at radius 2 is 2.07 bits per heavy atom. The zero-order valence-corrected chi connectivity index (χ0v) is 7.60. The number of hydrogen-bond donors (Lipinski definition) is 0. The number of carbonyl (C=O) groups is 1. The maximum atomic E-state index is 11.2. The van der Waals surface area contributed by atoms with E-state index in [0.29, 0.717) is 11.6 Å². The maximum Gasteiger partial charge on any atom is 0.363 e. The topological polar surface area (TPSA) is 51.5 Å². The number of pyridine rings is 1. The van der Waals surface area contributed by atoms with Gasteiger partial charge in [-0.15, -0.1) is 0 Å². The SMILES string of the molecule is CC1=N/C(=C/c2ccncc2)C(=O)O1. The number of rotatable bonds is 1. The lowest BCUT2D eigenvalue weighted by molar-refractivity contribution is -0.130. The third-order valence-corrected chi connectivity index (χ3v) is 1.74. The summed E-state index contributed by atoms with van der Waals surface area (Å²) in [4.78, 5) is 19.0. The number of esters is 1. The molecule has 14 heavy (non-hydrogen) atoms. The first-order chi connectivity index (χ1) is 6.75. The lowest BCUT2D eigenvalue weighted by atomic mass is 10.2. The molecule has 1 aliphatic rings. The molecule has 0 saturated heterocycles. The second kappa shape index (κ2) is 3.41. The van der Waals surface area contributed by atoms with Crippen LogP contribution in [0.4, 0.5) is 0 Å².